The molecule has 0 radical (unpaired) electrons. The molecule has 1 N–H and O–H groups in total. The summed E-state index contributed by atoms with van der Waals surface area (Å²) >= 11 is 3.38. The van der Waals surface area contributed by atoms with Crippen LogP contribution in [0.2, 0.25) is 0 Å². The van der Waals surface area contributed by atoms with Crippen molar-refractivity contribution in [2.75, 3.05) is 0 Å². The van der Waals surface area contributed by atoms with E-state index in [1.807, 2.05) is 13.0 Å². The highest BCUT2D eigenvalue weighted by molar-refractivity contribution is 9.10. The number of halogens is 2. The molecule has 1 nitrogen and oxygen atoms in total. The summed E-state index contributed by atoms with van der Waals surface area (Å²) in [7, 11) is 0. The quantitative estimate of drug-likeness (QED) is 0.855. The van der Waals surface area contributed by atoms with Crippen molar-refractivity contribution in [3.8, 4) is 0 Å². The molecule has 0 saturated carbocycles. The van der Waals surface area contributed by atoms with Crippen LogP contribution in [0.5, 0.6) is 0 Å². The predicted molar refractivity (Wildman–Crippen MR) is 74.6 cm³/mol. The summed E-state index contributed by atoms with van der Waals surface area (Å²) in [4.78, 5) is 0. The molecule has 0 aliphatic heterocycles. The van der Waals surface area contributed by atoms with Crippen molar-refractivity contribution in [3.63, 3.8) is 0 Å². The van der Waals surface area contributed by atoms with Crippen LogP contribution >= 0.6 is 15.9 Å². The number of hydrogen-bond acceptors (Lipinski definition) is 1. The Morgan fingerprint density at radius 3 is 2.35 bits per heavy atom. The lowest BCUT2D eigenvalue weighted by Gasteiger charge is -2.31. The van der Waals surface area contributed by atoms with E-state index in [0.29, 0.717) is 11.6 Å². The van der Waals surface area contributed by atoms with Gasteiger partial charge in [-0.15, -0.1) is 0 Å². The normalized spacial score (nSPS) is 15.7. The summed E-state index contributed by atoms with van der Waals surface area (Å²) in [5.74, 6) is -0.158. The molecule has 0 heterocycles. The maximum absolute atomic E-state index is 13.7. The first kappa shape index (κ1) is 14.7. The Labute approximate surface area is 112 Å². The van der Waals surface area contributed by atoms with E-state index >= 15 is 0 Å². The second-order valence-electron chi connectivity index (χ2n) is 5.64. The lowest BCUT2D eigenvalue weighted by Crippen LogP contribution is -2.39. The van der Waals surface area contributed by atoms with E-state index < -0.39 is 0 Å². The van der Waals surface area contributed by atoms with Crippen LogP contribution in [0, 0.1) is 11.2 Å². The molecule has 0 aliphatic carbocycles. The van der Waals surface area contributed by atoms with Gasteiger partial charge in [0.1, 0.15) is 5.82 Å². The van der Waals surface area contributed by atoms with E-state index in [0.717, 1.165) is 4.47 Å². The lowest BCUT2D eigenvalue weighted by atomic mass is 9.87. The molecule has 0 amide bonds. The number of rotatable bonds is 3. The predicted octanol–water partition coefficient (Wildman–Crippen LogP) is 4.67. The van der Waals surface area contributed by atoms with Gasteiger partial charge in [-0.1, -0.05) is 36.7 Å². The molecule has 2 unspecified atom stereocenters. The Bertz CT molecular complexity index is 384. The molecule has 0 aromatic heterocycles. The van der Waals surface area contributed by atoms with E-state index in [1.54, 1.807) is 6.07 Å². The summed E-state index contributed by atoms with van der Waals surface area (Å²) in [6, 6.07) is 5.37. The van der Waals surface area contributed by atoms with Gasteiger partial charge in [-0.05, 0) is 37.5 Å². The van der Waals surface area contributed by atoms with Crippen molar-refractivity contribution in [2.45, 2.75) is 46.7 Å². The second-order valence-corrected chi connectivity index (χ2v) is 6.56. The molecule has 96 valence electrons. The first-order chi connectivity index (χ1) is 7.71. The number of nitrogens with one attached hydrogen (secondary N) is 1. The zero-order chi connectivity index (χ0) is 13.2. The minimum Gasteiger partial charge on any atom is -0.307 e. The monoisotopic (exact) mass is 301 g/mol. The van der Waals surface area contributed by atoms with E-state index in [-0.39, 0.29) is 17.3 Å². The van der Waals surface area contributed by atoms with Crippen LogP contribution in [0.25, 0.3) is 0 Å². The molecule has 1 rings (SSSR count). The van der Waals surface area contributed by atoms with Crippen LogP contribution in [-0.4, -0.2) is 6.04 Å². The first-order valence-electron chi connectivity index (χ1n) is 5.93. The van der Waals surface area contributed by atoms with E-state index in [4.69, 9.17) is 0 Å². The Morgan fingerprint density at radius 2 is 1.82 bits per heavy atom. The molecule has 0 spiro atoms. The van der Waals surface area contributed by atoms with Crippen molar-refractivity contribution >= 4 is 15.9 Å². The van der Waals surface area contributed by atoms with Gasteiger partial charge in [0.05, 0.1) is 0 Å². The third kappa shape index (κ3) is 4.07. The Hall–Kier alpha value is -0.410. The Kier molecular flexibility index (Phi) is 4.73. The third-order valence-electron chi connectivity index (χ3n) is 3.22. The molecule has 1 aromatic carbocycles. The van der Waals surface area contributed by atoms with Crippen LogP contribution in [0.1, 0.15) is 46.2 Å². The summed E-state index contributed by atoms with van der Waals surface area (Å²) in [5, 5.41) is 3.44. The molecular weight excluding hydrogens is 281 g/mol. The first-order valence-corrected chi connectivity index (χ1v) is 6.72. The van der Waals surface area contributed by atoms with Gasteiger partial charge < -0.3 is 5.32 Å². The van der Waals surface area contributed by atoms with E-state index in [1.165, 1.54) is 6.07 Å². The highest BCUT2D eigenvalue weighted by atomic mass is 79.9. The van der Waals surface area contributed by atoms with Crippen molar-refractivity contribution in [2.24, 2.45) is 5.41 Å². The van der Waals surface area contributed by atoms with Crippen LogP contribution in [0.4, 0.5) is 4.39 Å². The molecular formula is C14H21BrFN. The zero-order valence-corrected chi connectivity index (χ0v) is 12.7. The van der Waals surface area contributed by atoms with Gasteiger partial charge in [0.2, 0.25) is 0 Å². The molecule has 1 aromatic rings. The van der Waals surface area contributed by atoms with Gasteiger partial charge in [-0.3, -0.25) is 0 Å². The minimum atomic E-state index is -0.158. The van der Waals surface area contributed by atoms with Crippen LogP contribution in [-0.2, 0) is 0 Å². The standard InChI is InChI=1S/C14H21BrFN/c1-9(17-10(2)14(3,4)5)12-8-11(15)6-7-13(12)16/h6-10,17H,1-5H3. The zero-order valence-electron chi connectivity index (χ0n) is 11.1. The number of hydrogen-bond donors (Lipinski definition) is 1. The van der Waals surface area contributed by atoms with Gasteiger partial charge in [-0.25, -0.2) is 4.39 Å². The molecule has 0 saturated heterocycles. The summed E-state index contributed by atoms with van der Waals surface area (Å²) in [6.45, 7) is 10.7. The summed E-state index contributed by atoms with van der Waals surface area (Å²) < 4.78 is 14.6. The van der Waals surface area contributed by atoms with Crippen LogP contribution in [0.3, 0.4) is 0 Å². The van der Waals surface area contributed by atoms with Crippen LogP contribution < -0.4 is 5.32 Å². The fourth-order valence-corrected chi connectivity index (χ4v) is 1.94. The molecule has 0 fully saturated rings. The van der Waals surface area contributed by atoms with Crippen molar-refractivity contribution in [1.29, 1.82) is 0 Å². The lowest BCUT2D eigenvalue weighted by molar-refractivity contribution is 0.266. The summed E-state index contributed by atoms with van der Waals surface area (Å²) in [6.07, 6.45) is 0. The number of benzene rings is 1. The second kappa shape index (κ2) is 5.49. The highest BCUT2D eigenvalue weighted by Gasteiger charge is 2.22. The Morgan fingerprint density at radius 1 is 1.24 bits per heavy atom. The average Bonchev–Trinajstić information content (AvgIpc) is 2.20. The maximum atomic E-state index is 13.7. The molecule has 17 heavy (non-hydrogen) atoms. The maximum Gasteiger partial charge on any atom is 0.128 e. The van der Waals surface area contributed by atoms with Gasteiger partial charge in [0.15, 0.2) is 0 Å². The average molecular weight is 302 g/mol. The van der Waals surface area contributed by atoms with Crippen LogP contribution in [0.15, 0.2) is 22.7 Å². The van der Waals surface area contributed by atoms with Crippen molar-refractivity contribution < 1.29 is 4.39 Å². The smallest absolute Gasteiger partial charge is 0.128 e. The SMILES string of the molecule is CC(NC(C)C(C)(C)C)c1cc(Br)ccc1F. The van der Waals surface area contributed by atoms with Gasteiger partial charge in [0.25, 0.3) is 0 Å². The molecule has 2 atom stereocenters. The van der Waals surface area contributed by atoms with E-state index in [9.17, 15) is 4.39 Å². The Balaban J connectivity index is 2.83. The summed E-state index contributed by atoms with van der Waals surface area (Å²) in [5.41, 5.74) is 0.868. The van der Waals surface area contributed by atoms with Gasteiger partial charge in [-0.2, -0.15) is 0 Å². The van der Waals surface area contributed by atoms with Crippen molar-refractivity contribution in [3.05, 3.63) is 34.1 Å². The largest absolute Gasteiger partial charge is 0.307 e. The fourth-order valence-electron chi connectivity index (χ4n) is 1.56. The topological polar surface area (TPSA) is 12.0 Å². The highest BCUT2D eigenvalue weighted by Crippen LogP contribution is 2.25. The van der Waals surface area contributed by atoms with Gasteiger partial charge >= 0.3 is 0 Å². The fraction of sp³-hybridized carbons (Fsp3) is 0.571. The molecule has 3 heteroatoms. The van der Waals surface area contributed by atoms with Gasteiger partial charge in [0, 0.05) is 22.1 Å². The van der Waals surface area contributed by atoms with Crippen molar-refractivity contribution in [1.82, 2.24) is 5.32 Å². The van der Waals surface area contributed by atoms with E-state index in [2.05, 4.69) is 48.9 Å². The molecule has 0 aliphatic rings. The third-order valence-corrected chi connectivity index (χ3v) is 3.72. The minimum absolute atomic E-state index is 0.00160. The molecule has 0 bridgehead atoms.